The zero-order valence-electron chi connectivity index (χ0n) is 14.8. The maximum Gasteiger partial charge on any atom is 0.253 e. The summed E-state index contributed by atoms with van der Waals surface area (Å²) < 4.78 is 0. The Bertz CT molecular complexity index is 790. The lowest BCUT2D eigenvalue weighted by Gasteiger charge is -2.43. The predicted octanol–water partition coefficient (Wildman–Crippen LogP) is 6.13. The Morgan fingerprint density at radius 1 is 1.15 bits per heavy atom. The number of allylic oxidation sites excluding steroid dienone is 1. The molecule has 26 heavy (non-hydrogen) atoms. The lowest BCUT2D eigenvalue weighted by atomic mass is 9.71. The van der Waals surface area contributed by atoms with Crippen molar-refractivity contribution in [2.24, 2.45) is 0 Å². The van der Waals surface area contributed by atoms with E-state index in [-0.39, 0.29) is 11.3 Å². The Kier molecular flexibility index (Phi) is 6.05. The molecular weight excluding hydrogens is 365 g/mol. The maximum absolute atomic E-state index is 13.0. The molecule has 0 spiro atoms. The molecule has 0 radical (unpaired) electrons. The monoisotopic (exact) mass is 387 g/mol. The summed E-state index contributed by atoms with van der Waals surface area (Å²) in [5, 5.41) is 1.12. The van der Waals surface area contributed by atoms with Crippen molar-refractivity contribution < 1.29 is 4.79 Å². The molecule has 1 aliphatic rings. The smallest absolute Gasteiger partial charge is 0.253 e. The summed E-state index contributed by atoms with van der Waals surface area (Å²) in [6.07, 6.45) is 5.77. The maximum atomic E-state index is 13.0. The second-order valence-electron chi connectivity index (χ2n) is 6.93. The summed E-state index contributed by atoms with van der Waals surface area (Å²) in [4.78, 5) is 14.9. The Balaban J connectivity index is 1.92. The first kappa shape index (κ1) is 19.0. The van der Waals surface area contributed by atoms with E-state index in [1.807, 2.05) is 59.5 Å². The number of carbonyl (C=O) groups is 1. The van der Waals surface area contributed by atoms with E-state index in [4.69, 9.17) is 23.2 Å². The fraction of sp³-hybridized carbons (Fsp3) is 0.318. The first-order valence-corrected chi connectivity index (χ1v) is 9.72. The van der Waals surface area contributed by atoms with E-state index in [9.17, 15) is 4.79 Å². The summed E-state index contributed by atoms with van der Waals surface area (Å²) in [6.45, 7) is 5.35. The third-order valence-electron chi connectivity index (χ3n) is 5.24. The highest BCUT2D eigenvalue weighted by Gasteiger charge is 2.38. The average Bonchev–Trinajstić information content (AvgIpc) is 2.68. The molecule has 3 rings (SSSR count). The van der Waals surface area contributed by atoms with Crippen molar-refractivity contribution in [3.63, 3.8) is 0 Å². The highest BCUT2D eigenvalue weighted by atomic mass is 35.5. The van der Waals surface area contributed by atoms with E-state index >= 15 is 0 Å². The van der Waals surface area contributed by atoms with Crippen molar-refractivity contribution in [3.8, 4) is 0 Å². The SMILES string of the molecule is C=CCCC1(c2ccc(Cl)c(Cl)c2)CCCN(C(=O)c2ccccc2)C1. The van der Waals surface area contributed by atoms with Crippen LogP contribution in [0.1, 0.15) is 41.6 Å². The Morgan fingerprint density at radius 2 is 1.92 bits per heavy atom. The molecule has 2 nitrogen and oxygen atoms in total. The van der Waals surface area contributed by atoms with Gasteiger partial charge in [0.2, 0.25) is 0 Å². The molecule has 1 saturated heterocycles. The van der Waals surface area contributed by atoms with Crippen molar-refractivity contribution in [2.45, 2.75) is 31.1 Å². The van der Waals surface area contributed by atoms with Gasteiger partial charge in [0, 0.05) is 24.1 Å². The Labute approximate surface area is 165 Å². The molecule has 0 aliphatic carbocycles. The van der Waals surface area contributed by atoms with E-state index in [1.54, 1.807) is 0 Å². The topological polar surface area (TPSA) is 20.3 Å². The van der Waals surface area contributed by atoms with Crippen LogP contribution in [0.4, 0.5) is 0 Å². The van der Waals surface area contributed by atoms with Gasteiger partial charge in [-0.25, -0.2) is 0 Å². The minimum absolute atomic E-state index is 0.0911. The minimum Gasteiger partial charge on any atom is -0.338 e. The first-order chi connectivity index (χ1) is 12.6. The largest absolute Gasteiger partial charge is 0.338 e. The molecule has 2 aromatic carbocycles. The van der Waals surface area contributed by atoms with Crippen LogP contribution in [0.2, 0.25) is 10.0 Å². The molecule has 0 N–H and O–H groups in total. The van der Waals surface area contributed by atoms with E-state index in [0.29, 0.717) is 16.6 Å². The first-order valence-electron chi connectivity index (χ1n) is 8.96. The van der Waals surface area contributed by atoms with E-state index in [0.717, 1.165) is 43.4 Å². The van der Waals surface area contributed by atoms with Gasteiger partial charge in [-0.3, -0.25) is 4.79 Å². The van der Waals surface area contributed by atoms with Crippen LogP contribution in [0.3, 0.4) is 0 Å². The molecule has 0 bridgehead atoms. The third kappa shape index (κ3) is 3.97. The number of benzene rings is 2. The summed E-state index contributed by atoms with van der Waals surface area (Å²) in [5.74, 6) is 0.0911. The zero-order valence-corrected chi connectivity index (χ0v) is 16.3. The van der Waals surface area contributed by atoms with Crippen LogP contribution in [0, 0.1) is 0 Å². The molecule has 1 unspecified atom stereocenters. The van der Waals surface area contributed by atoms with Crippen LogP contribution in [0.5, 0.6) is 0 Å². The number of nitrogens with zero attached hydrogens (tertiary/aromatic N) is 1. The van der Waals surface area contributed by atoms with Crippen molar-refractivity contribution in [3.05, 3.63) is 82.4 Å². The normalized spacial score (nSPS) is 20.0. The number of amides is 1. The summed E-state index contributed by atoms with van der Waals surface area (Å²) in [6, 6.07) is 15.4. The molecule has 136 valence electrons. The standard InChI is InChI=1S/C22H23Cl2NO/c1-2-3-12-22(18-10-11-19(23)20(24)15-18)13-7-14-25(16-22)21(26)17-8-5-4-6-9-17/h2,4-6,8-11,15H,1,3,7,12-14,16H2. The quantitative estimate of drug-likeness (QED) is 0.564. The summed E-state index contributed by atoms with van der Waals surface area (Å²) >= 11 is 12.4. The molecule has 1 amide bonds. The predicted molar refractivity (Wildman–Crippen MR) is 109 cm³/mol. The van der Waals surface area contributed by atoms with Crippen molar-refractivity contribution in [2.75, 3.05) is 13.1 Å². The van der Waals surface area contributed by atoms with Crippen molar-refractivity contribution >= 4 is 29.1 Å². The van der Waals surface area contributed by atoms with Gasteiger partial charge >= 0.3 is 0 Å². The van der Waals surface area contributed by atoms with Crippen LogP contribution < -0.4 is 0 Å². The molecule has 1 atom stereocenters. The molecule has 0 saturated carbocycles. The van der Waals surface area contributed by atoms with Gasteiger partial charge in [0.15, 0.2) is 0 Å². The van der Waals surface area contributed by atoms with Crippen LogP contribution in [0.25, 0.3) is 0 Å². The number of hydrogen-bond acceptors (Lipinski definition) is 1. The number of likely N-dealkylation sites (tertiary alicyclic amines) is 1. The Morgan fingerprint density at radius 3 is 2.62 bits per heavy atom. The van der Waals surface area contributed by atoms with Gasteiger partial charge in [0.1, 0.15) is 0 Å². The summed E-state index contributed by atoms with van der Waals surface area (Å²) in [7, 11) is 0. The van der Waals surface area contributed by atoms with Gasteiger partial charge in [-0.1, -0.05) is 53.5 Å². The van der Waals surface area contributed by atoms with Gasteiger partial charge in [-0.05, 0) is 55.5 Å². The second-order valence-corrected chi connectivity index (χ2v) is 7.75. The number of rotatable bonds is 5. The van der Waals surface area contributed by atoms with Crippen LogP contribution >= 0.6 is 23.2 Å². The number of carbonyl (C=O) groups excluding carboxylic acids is 1. The molecule has 4 heteroatoms. The van der Waals surface area contributed by atoms with Crippen LogP contribution in [-0.2, 0) is 5.41 Å². The molecule has 1 heterocycles. The minimum atomic E-state index is -0.120. The van der Waals surface area contributed by atoms with Crippen molar-refractivity contribution in [1.29, 1.82) is 0 Å². The Hall–Kier alpha value is -1.77. The van der Waals surface area contributed by atoms with E-state index in [2.05, 4.69) is 6.58 Å². The van der Waals surface area contributed by atoms with Gasteiger partial charge < -0.3 is 4.90 Å². The van der Waals surface area contributed by atoms with Gasteiger partial charge in [-0.2, -0.15) is 0 Å². The van der Waals surface area contributed by atoms with Gasteiger partial charge in [0.25, 0.3) is 5.91 Å². The van der Waals surface area contributed by atoms with E-state index < -0.39 is 0 Å². The lowest BCUT2D eigenvalue weighted by Crippen LogP contribution is -2.48. The fourth-order valence-corrected chi connectivity index (χ4v) is 4.15. The fourth-order valence-electron chi connectivity index (χ4n) is 3.86. The highest BCUT2D eigenvalue weighted by molar-refractivity contribution is 6.42. The lowest BCUT2D eigenvalue weighted by molar-refractivity contribution is 0.0627. The molecule has 2 aromatic rings. The second kappa shape index (κ2) is 8.28. The highest BCUT2D eigenvalue weighted by Crippen LogP contribution is 2.40. The van der Waals surface area contributed by atoms with Gasteiger partial charge in [-0.15, -0.1) is 6.58 Å². The number of halogens is 2. The van der Waals surface area contributed by atoms with E-state index in [1.165, 1.54) is 0 Å². The van der Waals surface area contributed by atoms with Gasteiger partial charge in [0.05, 0.1) is 10.0 Å². The molecule has 1 aliphatic heterocycles. The average molecular weight is 388 g/mol. The van der Waals surface area contributed by atoms with Crippen LogP contribution in [0.15, 0.2) is 61.2 Å². The molecule has 1 fully saturated rings. The third-order valence-corrected chi connectivity index (χ3v) is 5.98. The summed E-state index contributed by atoms with van der Waals surface area (Å²) in [5.41, 5.74) is 1.77. The molecular formula is C22H23Cl2NO. The number of piperidine rings is 1. The van der Waals surface area contributed by atoms with Crippen LogP contribution in [-0.4, -0.2) is 23.9 Å². The number of hydrogen-bond donors (Lipinski definition) is 0. The zero-order chi connectivity index (χ0) is 18.6. The molecule has 0 aromatic heterocycles. The van der Waals surface area contributed by atoms with Crippen molar-refractivity contribution in [1.82, 2.24) is 4.90 Å².